The zero-order chi connectivity index (χ0) is 14.1. The molecular weight excluding hydrogens is 266 g/mol. The van der Waals surface area contributed by atoms with Gasteiger partial charge in [-0.25, -0.2) is 0 Å². The molecule has 0 bridgehead atoms. The lowest BCUT2D eigenvalue weighted by Gasteiger charge is -2.17. The van der Waals surface area contributed by atoms with E-state index in [-0.39, 0.29) is 6.61 Å². The van der Waals surface area contributed by atoms with Crippen LogP contribution in [0.1, 0.15) is 13.3 Å². The fourth-order valence-corrected chi connectivity index (χ4v) is 1.73. The van der Waals surface area contributed by atoms with Crippen LogP contribution in [0.25, 0.3) is 0 Å². The highest BCUT2D eigenvalue weighted by Gasteiger charge is 2.09. The van der Waals surface area contributed by atoms with Crippen molar-refractivity contribution in [1.29, 1.82) is 0 Å². The standard InChI is InChI=1S/C14H22ClNO3/c1-11(7-8-18-2)16-9-12(17)10-19-14-6-4-3-5-13(14)15/h3-6,11-12,16-17H,7-10H2,1-2H3. The number of nitrogens with one attached hydrogen (secondary N) is 1. The molecule has 0 aromatic heterocycles. The van der Waals surface area contributed by atoms with Crippen LogP contribution in [-0.4, -0.2) is 44.1 Å². The van der Waals surface area contributed by atoms with E-state index < -0.39 is 6.10 Å². The third-order valence-electron chi connectivity index (χ3n) is 2.72. The first-order chi connectivity index (χ1) is 9.13. The summed E-state index contributed by atoms with van der Waals surface area (Å²) in [5.74, 6) is 0.593. The van der Waals surface area contributed by atoms with Crippen LogP contribution < -0.4 is 10.1 Å². The minimum Gasteiger partial charge on any atom is -0.489 e. The van der Waals surface area contributed by atoms with Crippen LogP contribution in [0, 0.1) is 0 Å². The van der Waals surface area contributed by atoms with E-state index in [4.69, 9.17) is 21.1 Å². The first-order valence-corrected chi connectivity index (χ1v) is 6.79. The van der Waals surface area contributed by atoms with Crippen LogP contribution in [0.4, 0.5) is 0 Å². The van der Waals surface area contributed by atoms with Crippen molar-refractivity contribution < 1.29 is 14.6 Å². The number of hydrogen-bond donors (Lipinski definition) is 2. The van der Waals surface area contributed by atoms with Crippen LogP contribution in [0.5, 0.6) is 5.75 Å². The maximum Gasteiger partial charge on any atom is 0.138 e. The van der Waals surface area contributed by atoms with E-state index in [1.807, 2.05) is 12.1 Å². The Morgan fingerprint density at radius 3 is 2.79 bits per heavy atom. The van der Waals surface area contributed by atoms with Gasteiger partial charge in [0.15, 0.2) is 0 Å². The van der Waals surface area contributed by atoms with E-state index in [1.165, 1.54) is 0 Å². The molecule has 0 radical (unpaired) electrons. The van der Waals surface area contributed by atoms with Crippen LogP contribution in [-0.2, 0) is 4.74 Å². The van der Waals surface area contributed by atoms with Gasteiger partial charge >= 0.3 is 0 Å². The monoisotopic (exact) mass is 287 g/mol. The van der Waals surface area contributed by atoms with Crippen molar-refractivity contribution in [3.8, 4) is 5.75 Å². The largest absolute Gasteiger partial charge is 0.489 e. The van der Waals surface area contributed by atoms with Gasteiger partial charge in [0.2, 0.25) is 0 Å². The van der Waals surface area contributed by atoms with Gasteiger partial charge in [-0.3, -0.25) is 0 Å². The number of aliphatic hydroxyl groups excluding tert-OH is 1. The van der Waals surface area contributed by atoms with Crippen molar-refractivity contribution in [3.05, 3.63) is 29.3 Å². The van der Waals surface area contributed by atoms with Gasteiger partial charge in [0, 0.05) is 26.3 Å². The van der Waals surface area contributed by atoms with E-state index >= 15 is 0 Å². The summed E-state index contributed by atoms with van der Waals surface area (Å²) < 4.78 is 10.5. The number of hydrogen-bond acceptors (Lipinski definition) is 4. The average molecular weight is 288 g/mol. The smallest absolute Gasteiger partial charge is 0.138 e. The molecular formula is C14H22ClNO3. The van der Waals surface area contributed by atoms with Crippen molar-refractivity contribution in [1.82, 2.24) is 5.32 Å². The normalized spacial score (nSPS) is 14.1. The maximum atomic E-state index is 9.81. The third-order valence-corrected chi connectivity index (χ3v) is 3.04. The number of aliphatic hydroxyl groups is 1. The Morgan fingerprint density at radius 1 is 1.37 bits per heavy atom. The molecule has 1 aromatic carbocycles. The summed E-state index contributed by atoms with van der Waals surface area (Å²) >= 11 is 5.96. The lowest BCUT2D eigenvalue weighted by molar-refractivity contribution is 0.102. The highest BCUT2D eigenvalue weighted by atomic mass is 35.5. The Labute approximate surface area is 119 Å². The molecule has 0 aliphatic heterocycles. The quantitative estimate of drug-likeness (QED) is 0.730. The summed E-state index contributed by atoms with van der Waals surface area (Å²) in [7, 11) is 1.68. The molecule has 2 N–H and O–H groups in total. The Balaban J connectivity index is 2.21. The first kappa shape index (κ1) is 16.2. The van der Waals surface area contributed by atoms with Gasteiger partial charge in [0.05, 0.1) is 5.02 Å². The minimum atomic E-state index is -0.568. The predicted octanol–water partition coefficient (Wildman–Crippen LogP) is 2.09. The fourth-order valence-electron chi connectivity index (χ4n) is 1.54. The second-order valence-electron chi connectivity index (χ2n) is 4.49. The van der Waals surface area contributed by atoms with Gasteiger partial charge in [0.25, 0.3) is 0 Å². The molecule has 0 saturated carbocycles. The number of rotatable bonds is 9. The molecule has 19 heavy (non-hydrogen) atoms. The minimum absolute atomic E-state index is 0.216. The number of methoxy groups -OCH3 is 1. The SMILES string of the molecule is COCCC(C)NCC(O)COc1ccccc1Cl. The topological polar surface area (TPSA) is 50.7 Å². The molecule has 2 unspecified atom stereocenters. The van der Waals surface area contributed by atoms with Crippen LogP contribution >= 0.6 is 11.6 Å². The van der Waals surface area contributed by atoms with E-state index in [1.54, 1.807) is 19.2 Å². The predicted molar refractivity (Wildman–Crippen MR) is 76.9 cm³/mol. The Morgan fingerprint density at radius 2 is 2.11 bits per heavy atom. The van der Waals surface area contributed by atoms with Gasteiger partial charge in [-0.15, -0.1) is 0 Å². The summed E-state index contributed by atoms with van der Waals surface area (Å²) in [5.41, 5.74) is 0. The third kappa shape index (κ3) is 6.78. The molecule has 108 valence electrons. The van der Waals surface area contributed by atoms with Crippen molar-refractivity contribution in [2.24, 2.45) is 0 Å². The molecule has 0 fully saturated rings. The summed E-state index contributed by atoms with van der Waals surface area (Å²) in [4.78, 5) is 0. The molecule has 0 aliphatic carbocycles. The first-order valence-electron chi connectivity index (χ1n) is 6.41. The summed E-state index contributed by atoms with van der Waals surface area (Å²) in [6, 6.07) is 7.52. The summed E-state index contributed by atoms with van der Waals surface area (Å²) in [6.45, 7) is 3.46. The van der Waals surface area contributed by atoms with E-state index in [9.17, 15) is 5.11 Å². The zero-order valence-corrected chi connectivity index (χ0v) is 12.2. The van der Waals surface area contributed by atoms with Crippen LogP contribution in [0.3, 0.4) is 0 Å². The van der Waals surface area contributed by atoms with Crippen molar-refractivity contribution >= 4 is 11.6 Å². The average Bonchev–Trinajstić information content (AvgIpc) is 2.42. The molecule has 4 nitrogen and oxygen atoms in total. The molecule has 1 aromatic rings. The Bertz CT molecular complexity index is 362. The highest BCUT2D eigenvalue weighted by molar-refractivity contribution is 6.32. The van der Waals surface area contributed by atoms with E-state index in [0.29, 0.717) is 30.0 Å². The molecule has 0 spiro atoms. The number of halogens is 1. The number of ether oxygens (including phenoxy) is 2. The summed E-state index contributed by atoms with van der Waals surface area (Å²) in [5, 5.41) is 13.6. The van der Waals surface area contributed by atoms with E-state index in [2.05, 4.69) is 12.2 Å². The van der Waals surface area contributed by atoms with Gasteiger partial charge in [-0.05, 0) is 25.5 Å². The van der Waals surface area contributed by atoms with Crippen molar-refractivity contribution in [3.63, 3.8) is 0 Å². The highest BCUT2D eigenvalue weighted by Crippen LogP contribution is 2.22. The maximum absolute atomic E-state index is 9.81. The van der Waals surface area contributed by atoms with Crippen molar-refractivity contribution in [2.45, 2.75) is 25.5 Å². The van der Waals surface area contributed by atoms with Crippen LogP contribution in [0.2, 0.25) is 5.02 Å². The number of benzene rings is 1. The lowest BCUT2D eigenvalue weighted by Crippen LogP contribution is -2.37. The Hall–Kier alpha value is -0.810. The Kier molecular flexibility index (Phi) is 7.82. The van der Waals surface area contributed by atoms with Gasteiger partial charge in [-0.1, -0.05) is 23.7 Å². The lowest BCUT2D eigenvalue weighted by atomic mass is 10.2. The van der Waals surface area contributed by atoms with Crippen molar-refractivity contribution in [2.75, 3.05) is 26.9 Å². The van der Waals surface area contributed by atoms with Gasteiger partial charge in [-0.2, -0.15) is 0 Å². The zero-order valence-electron chi connectivity index (χ0n) is 11.4. The number of para-hydroxylation sites is 1. The summed E-state index contributed by atoms with van der Waals surface area (Å²) in [6.07, 6.45) is 0.343. The molecule has 0 amide bonds. The second kappa shape index (κ2) is 9.15. The van der Waals surface area contributed by atoms with E-state index in [0.717, 1.165) is 6.42 Å². The molecule has 0 heterocycles. The molecule has 5 heteroatoms. The fraction of sp³-hybridized carbons (Fsp3) is 0.571. The van der Waals surface area contributed by atoms with Gasteiger partial charge in [0.1, 0.15) is 18.5 Å². The second-order valence-corrected chi connectivity index (χ2v) is 4.89. The van der Waals surface area contributed by atoms with Crippen LogP contribution in [0.15, 0.2) is 24.3 Å². The molecule has 1 rings (SSSR count). The molecule has 0 saturated heterocycles. The van der Waals surface area contributed by atoms with Gasteiger partial charge < -0.3 is 19.9 Å². The molecule has 0 aliphatic rings. The molecule has 2 atom stereocenters.